The van der Waals surface area contributed by atoms with Crippen molar-refractivity contribution in [2.75, 3.05) is 0 Å². The molecule has 143 valence electrons. The van der Waals surface area contributed by atoms with E-state index >= 15 is 0 Å². The zero-order valence-corrected chi connectivity index (χ0v) is 19.1. The number of hydrogen-bond acceptors (Lipinski definition) is 0. The molecule has 3 radical (unpaired) electrons. The van der Waals surface area contributed by atoms with E-state index in [1.807, 2.05) is 6.07 Å². The van der Waals surface area contributed by atoms with Crippen LogP contribution in [-0.2, 0) is 25.7 Å². The number of rotatable bonds is 6. The summed E-state index contributed by atoms with van der Waals surface area (Å²) >= 11 is 6.80. The molecule has 28 heavy (non-hydrogen) atoms. The number of aryl methyl sites for hydroxylation is 4. The predicted octanol–water partition coefficient (Wildman–Crippen LogP) is 6.72. The van der Waals surface area contributed by atoms with Crippen LogP contribution in [0.15, 0.2) is 48.5 Å². The van der Waals surface area contributed by atoms with Crippen LogP contribution in [0.1, 0.15) is 49.9 Å². The van der Waals surface area contributed by atoms with E-state index in [4.69, 9.17) is 11.6 Å². The van der Waals surface area contributed by atoms with Crippen molar-refractivity contribution >= 4 is 27.0 Å². The molecule has 0 aromatic heterocycles. The van der Waals surface area contributed by atoms with Crippen molar-refractivity contribution in [1.82, 2.24) is 0 Å². The summed E-state index contributed by atoms with van der Waals surface area (Å²) in [6, 6.07) is 17.9. The SMILES string of the molecule is CCc1cc(CC)cc(-c2c([Si])ccc(Cl)c2-c2cc(CC)cc(CC)c2)c1. The van der Waals surface area contributed by atoms with Crippen LogP contribution in [0.2, 0.25) is 5.02 Å². The minimum absolute atomic E-state index is 0.798. The van der Waals surface area contributed by atoms with Crippen molar-refractivity contribution in [2.45, 2.75) is 53.4 Å². The Bertz CT molecular complexity index is 863. The Hall–Kier alpha value is -1.83. The highest BCUT2D eigenvalue weighted by Gasteiger charge is 2.16. The van der Waals surface area contributed by atoms with Gasteiger partial charge in [-0.15, -0.1) is 0 Å². The fraction of sp³-hybridized carbons (Fsp3) is 0.308. The molecule has 0 N–H and O–H groups in total. The van der Waals surface area contributed by atoms with Gasteiger partial charge in [0.2, 0.25) is 0 Å². The Labute approximate surface area is 178 Å². The van der Waals surface area contributed by atoms with Gasteiger partial charge in [-0.3, -0.25) is 0 Å². The van der Waals surface area contributed by atoms with Gasteiger partial charge in [0.05, 0.1) is 10.2 Å². The quantitative estimate of drug-likeness (QED) is 0.401. The molecule has 3 aromatic rings. The molecule has 3 rings (SSSR count). The second-order valence-corrected chi connectivity index (χ2v) is 8.28. The lowest BCUT2D eigenvalue weighted by molar-refractivity contribution is 1.09. The van der Waals surface area contributed by atoms with E-state index in [1.165, 1.54) is 38.9 Å². The normalized spacial score (nSPS) is 11.1. The average Bonchev–Trinajstić information content (AvgIpc) is 2.73. The third-order valence-corrected chi connectivity index (χ3v) is 6.20. The fourth-order valence-electron chi connectivity index (χ4n) is 3.79. The van der Waals surface area contributed by atoms with Crippen LogP contribution in [0, 0.1) is 0 Å². The Morgan fingerprint density at radius 3 is 1.39 bits per heavy atom. The summed E-state index contributed by atoms with van der Waals surface area (Å²) in [7, 11) is 3.88. The van der Waals surface area contributed by atoms with Crippen molar-refractivity contribution in [2.24, 2.45) is 0 Å². The fourth-order valence-corrected chi connectivity index (χ4v) is 4.41. The van der Waals surface area contributed by atoms with E-state index in [-0.39, 0.29) is 0 Å². The van der Waals surface area contributed by atoms with Gasteiger partial charge in [-0.05, 0) is 70.7 Å². The highest BCUT2D eigenvalue weighted by atomic mass is 35.5. The zero-order chi connectivity index (χ0) is 20.3. The van der Waals surface area contributed by atoms with Crippen LogP contribution >= 0.6 is 11.6 Å². The lowest BCUT2D eigenvalue weighted by atomic mass is 9.89. The summed E-state index contributed by atoms with van der Waals surface area (Å²) in [6.45, 7) is 8.84. The molecule has 0 heterocycles. The molecule has 2 heteroatoms. The Morgan fingerprint density at radius 2 is 1.00 bits per heavy atom. The van der Waals surface area contributed by atoms with Gasteiger partial charge in [0, 0.05) is 10.6 Å². The van der Waals surface area contributed by atoms with E-state index in [0.29, 0.717) is 0 Å². The number of halogens is 1. The monoisotopic (exact) mass is 403 g/mol. The highest BCUT2D eigenvalue weighted by Crippen LogP contribution is 2.38. The third kappa shape index (κ3) is 4.26. The Morgan fingerprint density at radius 1 is 0.607 bits per heavy atom. The summed E-state index contributed by atoms with van der Waals surface area (Å²) < 4.78 is 0. The summed E-state index contributed by atoms with van der Waals surface area (Å²) in [5.41, 5.74) is 10.2. The molecule has 0 saturated heterocycles. The molecule has 0 bridgehead atoms. The minimum Gasteiger partial charge on any atom is -0.0836 e. The van der Waals surface area contributed by atoms with Gasteiger partial charge in [0.15, 0.2) is 0 Å². The second kappa shape index (κ2) is 9.11. The molecule has 0 fully saturated rings. The van der Waals surface area contributed by atoms with Crippen LogP contribution < -0.4 is 5.19 Å². The summed E-state index contributed by atoms with van der Waals surface area (Å²) in [6.07, 6.45) is 4.09. The van der Waals surface area contributed by atoms with Gasteiger partial charge in [0.1, 0.15) is 0 Å². The molecule has 0 aliphatic rings. The molecule has 0 aliphatic carbocycles. The van der Waals surface area contributed by atoms with Gasteiger partial charge < -0.3 is 0 Å². The maximum Gasteiger partial charge on any atom is 0.0720 e. The molecule has 0 nitrogen and oxygen atoms in total. The van der Waals surface area contributed by atoms with Gasteiger partial charge in [-0.25, -0.2) is 0 Å². The molecule has 0 spiro atoms. The first kappa shape index (κ1) is 20.9. The maximum absolute atomic E-state index is 6.80. The van der Waals surface area contributed by atoms with Crippen molar-refractivity contribution in [3.63, 3.8) is 0 Å². The average molecular weight is 404 g/mol. The van der Waals surface area contributed by atoms with E-state index in [1.54, 1.807) is 0 Å². The van der Waals surface area contributed by atoms with E-state index < -0.39 is 0 Å². The van der Waals surface area contributed by atoms with Crippen LogP contribution in [0.25, 0.3) is 22.3 Å². The first-order valence-corrected chi connectivity index (χ1v) is 11.2. The Kier molecular flexibility index (Phi) is 6.80. The zero-order valence-electron chi connectivity index (χ0n) is 17.3. The standard InChI is InChI=1S/C26H28ClSi/c1-5-17-11-18(6-2)14-21(13-17)25-23(27)9-10-24(28)26(25)22-15-19(7-3)12-20(8-4)16-22/h9-16H,5-8H2,1-4H3. The lowest BCUT2D eigenvalue weighted by Crippen LogP contribution is -2.09. The molecule has 0 saturated carbocycles. The first-order valence-electron chi connectivity index (χ1n) is 10.3. The highest BCUT2D eigenvalue weighted by molar-refractivity contribution is 6.40. The van der Waals surface area contributed by atoms with Gasteiger partial charge in [0.25, 0.3) is 0 Å². The molecule has 3 aromatic carbocycles. The van der Waals surface area contributed by atoms with Crippen molar-refractivity contribution < 1.29 is 0 Å². The van der Waals surface area contributed by atoms with Crippen LogP contribution in [0.4, 0.5) is 0 Å². The van der Waals surface area contributed by atoms with Crippen LogP contribution in [0.3, 0.4) is 0 Å². The predicted molar refractivity (Wildman–Crippen MR) is 125 cm³/mol. The summed E-state index contributed by atoms with van der Waals surface area (Å²) in [4.78, 5) is 0. The third-order valence-electron chi connectivity index (χ3n) is 5.47. The van der Waals surface area contributed by atoms with Crippen LogP contribution in [0.5, 0.6) is 0 Å². The van der Waals surface area contributed by atoms with Crippen molar-refractivity contribution in [1.29, 1.82) is 0 Å². The van der Waals surface area contributed by atoms with Crippen LogP contribution in [-0.4, -0.2) is 10.2 Å². The molecule has 0 amide bonds. The molecular weight excluding hydrogens is 376 g/mol. The van der Waals surface area contributed by atoms with E-state index in [0.717, 1.165) is 41.5 Å². The smallest absolute Gasteiger partial charge is 0.0720 e. The van der Waals surface area contributed by atoms with Gasteiger partial charge in [-0.2, -0.15) is 0 Å². The molecule has 0 atom stereocenters. The molecular formula is C26H28ClSi. The van der Waals surface area contributed by atoms with E-state index in [9.17, 15) is 0 Å². The maximum atomic E-state index is 6.80. The van der Waals surface area contributed by atoms with E-state index in [2.05, 4.69) is 80.4 Å². The van der Waals surface area contributed by atoms with Crippen molar-refractivity contribution in [3.8, 4) is 22.3 Å². The van der Waals surface area contributed by atoms with Crippen molar-refractivity contribution in [3.05, 3.63) is 75.8 Å². The number of hydrogen-bond donors (Lipinski definition) is 0. The second-order valence-electron chi connectivity index (χ2n) is 7.34. The Balaban J connectivity index is 2.33. The minimum atomic E-state index is 0.798. The molecule has 0 aliphatic heterocycles. The van der Waals surface area contributed by atoms with Gasteiger partial charge in [-0.1, -0.05) is 86.9 Å². The largest absolute Gasteiger partial charge is 0.0836 e. The molecule has 0 unspecified atom stereocenters. The lowest BCUT2D eigenvalue weighted by Gasteiger charge is -2.18. The summed E-state index contributed by atoms with van der Waals surface area (Å²) in [5.74, 6) is 0. The van der Waals surface area contributed by atoms with Gasteiger partial charge >= 0.3 is 0 Å². The topological polar surface area (TPSA) is 0 Å². The first-order chi connectivity index (χ1) is 13.5. The summed E-state index contributed by atoms with van der Waals surface area (Å²) in [5, 5.41) is 1.88. The number of benzene rings is 3.